The van der Waals surface area contributed by atoms with Gasteiger partial charge in [0.25, 0.3) is 10.1 Å². The van der Waals surface area contributed by atoms with Gasteiger partial charge in [-0.25, -0.2) is 9.78 Å². The second-order valence-electron chi connectivity index (χ2n) is 8.02. The Morgan fingerprint density at radius 2 is 1.90 bits per heavy atom. The number of hydrogen-bond acceptors (Lipinski definition) is 7. The predicted molar refractivity (Wildman–Crippen MR) is 118 cm³/mol. The van der Waals surface area contributed by atoms with Crippen LogP contribution in [0.1, 0.15) is 17.3 Å². The minimum absolute atomic E-state index is 0.207. The molecule has 0 aliphatic carbocycles. The van der Waals surface area contributed by atoms with E-state index in [0.29, 0.717) is 6.61 Å². The van der Waals surface area contributed by atoms with Crippen molar-refractivity contribution in [2.75, 3.05) is 19.5 Å². The van der Waals surface area contributed by atoms with Crippen LogP contribution in [0.2, 0.25) is 25.7 Å². The number of hydrogen-bond donors (Lipinski definition) is 1. The molecule has 1 N–H and O–H groups in total. The van der Waals surface area contributed by atoms with Crippen molar-refractivity contribution >= 4 is 35.6 Å². The van der Waals surface area contributed by atoms with Gasteiger partial charge in [-0.3, -0.25) is 4.18 Å². The Bertz CT molecular complexity index is 921. The minimum atomic E-state index is -3.64. The molecule has 2 aromatic rings. The van der Waals surface area contributed by atoms with Crippen LogP contribution in [0.3, 0.4) is 0 Å². The molecule has 0 saturated heterocycles. The lowest BCUT2D eigenvalue weighted by Gasteiger charge is -2.20. The van der Waals surface area contributed by atoms with Crippen LogP contribution in [0, 0.1) is 6.92 Å². The first-order valence-electron chi connectivity index (χ1n) is 9.23. The maximum absolute atomic E-state index is 12.2. The van der Waals surface area contributed by atoms with Crippen molar-refractivity contribution in [1.29, 1.82) is 0 Å². The summed E-state index contributed by atoms with van der Waals surface area (Å²) in [5.74, 6) is 0. The van der Waals surface area contributed by atoms with Crippen LogP contribution in [0.15, 0.2) is 29.8 Å². The molecular weight excluding hydrogens is 428 g/mol. The highest BCUT2D eigenvalue weighted by atomic mass is 32.2. The first-order chi connectivity index (χ1) is 13.4. The molecule has 29 heavy (non-hydrogen) atoms. The molecule has 0 bridgehead atoms. The molecule has 0 aliphatic rings. The number of aryl methyl sites for hydroxylation is 1. The number of thiazole rings is 1. The van der Waals surface area contributed by atoms with Crippen molar-refractivity contribution in [3.8, 4) is 10.4 Å². The third kappa shape index (κ3) is 8.25. The summed E-state index contributed by atoms with van der Waals surface area (Å²) in [5.41, 5.74) is 4.47. The van der Waals surface area contributed by atoms with E-state index in [0.717, 1.165) is 34.0 Å². The summed E-state index contributed by atoms with van der Waals surface area (Å²) in [6, 6.07) is 7.72. The Morgan fingerprint density at radius 3 is 2.41 bits per heavy atom. The molecule has 0 saturated carbocycles. The molecule has 1 heterocycles. The number of rotatable bonds is 9. The molecule has 0 spiro atoms. The summed E-state index contributed by atoms with van der Waals surface area (Å²) in [4.78, 5) is 17.5. The molecule has 0 unspecified atom stereocenters. The van der Waals surface area contributed by atoms with Crippen LogP contribution in [-0.2, 0) is 19.0 Å². The smallest absolute Gasteiger partial charge is 0.407 e. The molecule has 0 aliphatic heterocycles. The Morgan fingerprint density at radius 1 is 1.24 bits per heavy atom. The number of carbonyl (C=O) groups excluding carboxylic acids is 1. The molecule has 2 rings (SSSR count). The van der Waals surface area contributed by atoms with Gasteiger partial charge in [-0.05, 0) is 24.1 Å². The number of ether oxygens (including phenoxy) is 1. The van der Waals surface area contributed by atoms with E-state index >= 15 is 0 Å². The Balaban J connectivity index is 2.10. The van der Waals surface area contributed by atoms with Crippen LogP contribution in [-0.4, -0.2) is 47.0 Å². The molecule has 1 atom stereocenters. The molecule has 0 radical (unpaired) electrons. The van der Waals surface area contributed by atoms with Crippen LogP contribution in [0.5, 0.6) is 0 Å². The van der Waals surface area contributed by atoms with Crippen LogP contribution in [0.25, 0.3) is 10.4 Å². The summed E-state index contributed by atoms with van der Waals surface area (Å²) in [7, 11) is -4.96. The van der Waals surface area contributed by atoms with E-state index in [4.69, 9.17) is 8.92 Å². The molecule has 1 aromatic heterocycles. The second-order valence-corrected chi connectivity index (χ2v) is 16.1. The van der Waals surface area contributed by atoms with E-state index in [1.807, 2.05) is 31.2 Å². The van der Waals surface area contributed by atoms with Crippen molar-refractivity contribution in [3.63, 3.8) is 0 Å². The topological polar surface area (TPSA) is 94.6 Å². The van der Waals surface area contributed by atoms with E-state index in [1.54, 1.807) is 16.8 Å². The van der Waals surface area contributed by atoms with E-state index in [9.17, 15) is 13.2 Å². The zero-order valence-electron chi connectivity index (χ0n) is 17.4. The number of nitrogens with one attached hydrogen (secondary N) is 1. The first kappa shape index (κ1) is 23.5. The van der Waals surface area contributed by atoms with Gasteiger partial charge in [-0.1, -0.05) is 43.9 Å². The molecule has 160 valence electrons. The molecule has 1 amide bonds. The minimum Gasteiger partial charge on any atom is -0.450 e. The summed E-state index contributed by atoms with van der Waals surface area (Å²) in [5, 5.41) is 2.71. The molecular formula is C19H28N2O5S2Si. The van der Waals surface area contributed by atoms with Crippen molar-refractivity contribution in [2.45, 2.75) is 38.7 Å². The number of aromatic nitrogens is 1. The fourth-order valence-corrected chi connectivity index (χ4v) is 4.40. The number of alkyl carbamates (subject to hydrolysis) is 1. The van der Waals surface area contributed by atoms with Crippen LogP contribution in [0.4, 0.5) is 4.79 Å². The van der Waals surface area contributed by atoms with Gasteiger partial charge in [0, 0.05) is 8.07 Å². The van der Waals surface area contributed by atoms with Crippen LogP contribution >= 0.6 is 11.3 Å². The van der Waals surface area contributed by atoms with Gasteiger partial charge < -0.3 is 10.1 Å². The van der Waals surface area contributed by atoms with E-state index in [2.05, 4.69) is 29.9 Å². The van der Waals surface area contributed by atoms with Gasteiger partial charge in [-0.15, -0.1) is 11.3 Å². The van der Waals surface area contributed by atoms with E-state index < -0.39 is 30.3 Å². The fraction of sp³-hybridized carbons (Fsp3) is 0.474. The second kappa shape index (κ2) is 9.83. The predicted octanol–water partition coefficient (Wildman–Crippen LogP) is 4.20. The van der Waals surface area contributed by atoms with E-state index in [-0.39, 0.29) is 6.61 Å². The standard InChI is InChI=1S/C19H28N2O5S2Si/c1-14-18(27-13-20-14)16-8-6-15(7-9-16)17(12-26-28(2,23)24)21-19(22)25-10-11-29(3,4)5/h6-9,13,17H,10-12H2,1-5H3,(H,21,22)/t17-/m0/s1. The zero-order chi connectivity index (χ0) is 21.7. The van der Waals surface area contributed by atoms with Gasteiger partial charge in [0.15, 0.2) is 0 Å². The van der Waals surface area contributed by atoms with E-state index in [1.165, 1.54) is 0 Å². The first-order valence-corrected chi connectivity index (χ1v) is 15.6. The maximum atomic E-state index is 12.2. The van der Waals surface area contributed by atoms with Gasteiger partial charge >= 0.3 is 6.09 Å². The Hall–Kier alpha value is -1.75. The molecule has 1 aromatic carbocycles. The van der Waals surface area contributed by atoms with Crippen molar-refractivity contribution in [2.24, 2.45) is 0 Å². The average Bonchev–Trinajstić information content (AvgIpc) is 3.03. The third-order valence-electron chi connectivity index (χ3n) is 4.15. The lowest BCUT2D eigenvalue weighted by molar-refractivity contribution is 0.142. The largest absolute Gasteiger partial charge is 0.450 e. The summed E-state index contributed by atoms with van der Waals surface area (Å²) < 4.78 is 33.0. The summed E-state index contributed by atoms with van der Waals surface area (Å²) >= 11 is 1.55. The number of benzene rings is 1. The summed E-state index contributed by atoms with van der Waals surface area (Å²) in [6.07, 6.45) is 0.388. The van der Waals surface area contributed by atoms with Gasteiger partial charge in [0.1, 0.15) is 0 Å². The summed E-state index contributed by atoms with van der Waals surface area (Å²) in [6.45, 7) is 8.67. The van der Waals surface area contributed by atoms with Gasteiger partial charge in [0.05, 0.1) is 41.6 Å². The molecule has 0 fully saturated rings. The van der Waals surface area contributed by atoms with Gasteiger partial charge in [0.2, 0.25) is 0 Å². The highest BCUT2D eigenvalue weighted by Gasteiger charge is 2.20. The number of carbonyl (C=O) groups is 1. The SMILES string of the molecule is Cc1ncsc1-c1ccc([C@H](COS(C)(=O)=O)NC(=O)OCC[Si](C)(C)C)cc1. The monoisotopic (exact) mass is 456 g/mol. The van der Waals surface area contributed by atoms with Gasteiger partial charge in [-0.2, -0.15) is 8.42 Å². The Kier molecular flexibility index (Phi) is 7.98. The zero-order valence-corrected chi connectivity index (χ0v) is 20.0. The van der Waals surface area contributed by atoms with Crippen LogP contribution < -0.4 is 5.32 Å². The average molecular weight is 457 g/mol. The van der Waals surface area contributed by atoms with Crippen molar-refractivity contribution < 1.29 is 22.1 Å². The van der Waals surface area contributed by atoms with Crippen molar-refractivity contribution in [3.05, 3.63) is 41.0 Å². The molecule has 10 heteroatoms. The lowest BCUT2D eigenvalue weighted by atomic mass is 10.0. The highest BCUT2D eigenvalue weighted by molar-refractivity contribution is 7.85. The number of amides is 1. The highest BCUT2D eigenvalue weighted by Crippen LogP contribution is 2.28. The molecule has 7 nitrogen and oxygen atoms in total. The van der Waals surface area contributed by atoms with Crippen molar-refractivity contribution in [1.82, 2.24) is 10.3 Å². The Labute approximate surface area is 177 Å². The quantitative estimate of drug-likeness (QED) is 0.449. The third-order valence-corrected chi connectivity index (χ3v) is 7.39. The lowest BCUT2D eigenvalue weighted by Crippen LogP contribution is -2.33. The normalized spacial score (nSPS) is 13.1. The maximum Gasteiger partial charge on any atom is 0.407 e. The number of nitrogens with zero attached hydrogens (tertiary/aromatic N) is 1. The fourth-order valence-electron chi connectivity index (χ4n) is 2.49.